The molecule has 1 heterocycles. The summed E-state index contributed by atoms with van der Waals surface area (Å²) in [7, 11) is 4.97. The maximum Gasteiger partial charge on any atom is 0.295 e. The highest BCUT2D eigenvalue weighted by molar-refractivity contribution is 5.91. The summed E-state index contributed by atoms with van der Waals surface area (Å²) in [5, 5.41) is 2.78. The number of carbonyl (C=O) groups is 1. The molecule has 0 fully saturated rings. The molecule has 7 heteroatoms. The number of benzene rings is 2. The molecule has 0 bridgehead atoms. The van der Waals surface area contributed by atoms with Crippen LogP contribution in [0.2, 0.25) is 0 Å². The van der Waals surface area contributed by atoms with E-state index in [9.17, 15) is 9.59 Å². The van der Waals surface area contributed by atoms with Crippen LogP contribution in [0.3, 0.4) is 0 Å². The molecule has 0 saturated carbocycles. The van der Waals surface area contributed by atoms with Gasteiger partial charge in [0.1, 0.15) is 17.2 Å². The number of carbonyl (C=O) groups excluding carboxylic acids is 1. The van der Waals surface area contributed by atoms with Crippen molar-refractivity contribution in [2.75, 3.05) is 19.5 Å². The van der Waals surface area contributed by atoms with E-state index in [1.165, 1.54) is 4.68 Å². The Morgan fingerprint density at radius 2 is 1.79 bits per heavy atom. The Kier molecular flexibility index (Phi) is 6.07. The molecule has 29 heavy (non-hydrogen) atoms. The molecule has 0 spiro atoms. The standard InChI is InChI=1S/C22H25N3O4/c1-15-21(22(27)25(24(15)2)17-8-6-5-7-9-17)23-20(26)13-10-16-14-18(28-3)11-12-19(16)29-4/h5-9,11-12,14H,10,13H2,1-4H3,(H,23,26). The summed E-state index contributed by atoms with van der Waals surface area (Å²) >= 11 is 0. The zero-order valence-electron chi connectivity index (χ0n) is 17.1. The molecule has 152 valence electrons. The first-order chi connectivity index (χ1) is 14.0. The van der Waals surface area contributed by atoms with Gasteiger partial charge in [0.05, 0.1) is 25.6 Å². The minimum absolute atomic E-state index is 0.211. The lowest BCUT2D eigenvalue weighted by Gasteiger charge is -2.10. The molecular weight excluding hydrogens is 370 g/mol. The van der Waals surface area contributed by atoms with Crippen LogP contribution in [0.5, 0.6) is 11.5 Å². The molecule has 2 aromatic carbocycles. The minimum atomic E-state index is -0.261. The van der Waals surface area contributed by atoms with E-state index in [1.807, 2.05) is 55.5 Å². The first kappa shape index (κ1) is 20.3. The van der Waals surface area contributed by atoms with Gasteiger partial charge in [0.25, 0.3) is 5.56 Å². The molecular formula is C22H25N3O4. The highest BCUT2D eigenvalue weighted by Gasteiger charge is 2.18. The van der Waals surface area contributed by atoms with Crippen LogP contribution in [-0.4, -0.2) is 29.5 Å². The van der Waals surface area contributed by atoms with Gasteiger partial charge in [0, 0.05) is 13.5 Å². The van der Waals surface area contributed by atoms with Gasteiger partial charge < -0.3 is 14.8 Å². The zero-order valence-corrected chi connectivity index (χ0v) is 17.1. The van der Waals surface area contributed by atoms with Crippen LogP contribution >= 0.6 is 0 Å². The topological polar surface area (TPSA) is 74.5 Å². The molecule has 0 aliphatic carbocycles. The highest BCUT2D eigenvalue weighted by Crippen LogP contribution is 2.25. The number of aryl methyl sites for hydroxylation is 1. The fourth-order valence-corrected chi connectivity index (χ4v) is 3.24. The van der Waals surface area contributed by atoms with Crippen molar-refractivity contribution in [1.29, 1.82) is 0 Å². The molecule has 3 aromatic rings. The number of amides is 1. The minimum Gasteiger partial charge on any atom is -0.497 e. The predicted molar refractivity (Wildman–Crippen MR) is 112 cm³/mol. The van der Waals surface area contributed by atoms with E-state index in [2.05, 4.69) is 5.32 Å². The van der Waals surface area contributed by atoms with Crippen molar-refractivity contribution >= 4 is 11.6 Å². The number of aromatic nitrogens is 2. The van der Waals surface area contributed by atoms with Crippen molar-refractivity contribution in [2.24, 2.45) is 7.05 Å². The van der Waals surface area contributed by atoms with E-state index in [1.54, 1.807) is 25.9 Å². The third kappa shape index (κ3) is 4.18. The van der Waals surface area contributed by atoms with Crippen molar-refractivity contribution < 1.29 is 14.3 Å². The smallest absolute Gasteiger partial charge is 0.295 e. The summed E-state index contributed by atoms with van der Waals surface area (Å²) in [6.45, 7) is 1.81. The van der Waals surface area contributed by atoms with Gasteiger partial charge in [-0.3, -0.25) is 14.3 Å². The molecule has 0 atom stereocenters. The Bertz CT molecular complexity index is 1070. The second-order valence-corrected chi connectivity index (χ2v) is 6.66. The Morgan fingerprint density at radius 3 is 2.45 bits per heavy atom. The summed E-state index contributed by atoms with van der Waals surface area (Å²) in [5.41, 5.74) is 2.33. The Morgan fingerprint density at radius 1 is 1.07 bits per heavy atom. The van der Waals surface area contributed by atoms with Gasteiger partial charge in [-0.1, -0.05) is 18.2 Å². The van der Waals surface area contributed by atoms with Crippen LogP contribution in [0, 0.1) is 6.92 Å². The van der Waals surface area contributed by atoms with Gasteiger partial charge in [0.2, 0.25) is 5.91 Å². The number of anilines is 1. The second kappa shape index (κ2) is 8.68. The van der Waals surface area contributed by atoms with Gasteiger partial charge in [-0.15, -0.1) is 0 Å². The number of nitrogens with zero attached hydrogens (tertiary/aromatic N) is 2. The summed E-state index contributed by atoms with van der Waals surface area (Å²) < 4.78 is 13.9. The van der Waals surface area contributed by atoms with Gasteiger partial charge in [0.15, 0.2) is 0 Å². The van der Waals surface area contributed by atoms with Crippen molar-refractivity contribution in [3.8, 4) is 17.2 Å². The Hall–Kier alpha value is -3.48. The van der Waals surface area contributed by atoms with Gasteiger partial charge in [-0.05, 0) is 49.2 Å². The van der Waals surface area contributed by atoms with Crippen LogP contribution in [0.25, 0.3) is 5.69 Å². The van der Waals surface area contributed by atoms with Gasteiger partial charge in [-0.25, -0.2) is 4.68 Å². The molecule has 1 aromatic heterocycles. The number of hydrogen-bond donors (Lipinski definition) is 1. The highest BCUT2D eigenvalue weighted by atomic mass is 16.5. The largest absolute Gasteiger partial charge is 0.497 e. The molecule has 0 radical (unpaired) electrons. The van der Waals surface area contributed by atoms with Crippen LogP contribution in [0.4, 0.5) is 5.69 Å². The van der Waals surface area contributed by atoms with Crippen LogP contribution in [-0.2, 0) is 18.3 Å². The van der Waals surface area contributed by atoms with Gasteiger partial charge >= 0.3 is 0 Å². The lowest BCUT2D eigenvalue weighted by molar-refractivity contribution is -0.116. The summed E-state index contributed by atoms with van der Waals surface area (Å²) in [5.74, 6) is 1.16. The van der Waals surface area contributed by atoms with Crippen LogP contribution < -0.4 is 20.3 Å². The molecule has 0 unspecified atom stereocenters. The van der Waals surface area contributed by atoms with E-state index in [4.69, 9.17) is 9.47 Å². The van der Waals surface area contributed by atoms with E-state index in [0.29, 0.717) is 29.3 Å². The molecule has 0 aliphatic rings. The zero-order chi connectivity index (χ0) is 21.0. The van der Waals surface area contributed by atoms with Crippen molar-refractivity contribution in [2.45, 2.75) is 19.8 Å². The third-order valence-corrected chi connectivity index (χ3v) is 4.93. The maximum absolute atomic E-state index is 12.9. The predicted octanol–water partition coefficient (Wildman–Crippen LogP) is 3.07. The first-order valence-corrected chi connectivity index (χ1v) is 9.31. The van der Waals surface area contributed by atoms with Crippen LogP contribution in [0.1, 0.15) is 17.7 Å². The summed E-state index contributed by atoms with van der Waals surface area (Å²) in [4.78, 5) is 25.5. The monoisotopic (exact) mass is 395 g/mol. The lowest BCUT2D eigenvalue weighted by atomic mass is 10.1. The average molecular weight is 395 g/mol. The van der Waals surface area contributed by atoms with Crippen molar-refractivity contribution in [3.63, 3.8) is 0 Å². The molecule has 7 nitrogen and oxygen atoms in total. The summed E-state index contributed by atoms with van der Waals surface area (Å²) in [6.07, 6.45) is 0.674. The quantitative estimate of drug-likeness (QED) is 0.667. The third-order valence-electron chi connectivity index (χ3n) is 4.93. The van der Waals surface area contributed by atoms with Crippen LogP contribution in [0.15, 0.2) is 53.3 Å². The van der Waals surface area contributed by atoms with E-state index in [-0.39, 0.29) is 17.9 Å². The molecule has 3 rings (SSSR count). The fourth-order valence-electron chi connectivity index (χ4n) is 3.24. The molecule has 0 aliphatic heterocycles. The van der Waals surface area contributed by atoms with Gasteiger partial charge in [-0.2, -0.15) is 0 Å². The molecule has 1 N–H and O–H groups in total. The SMILES string of the molecule is COc1ccc(OC)c(CCC(=O)Nc2c(C)n(C)n(-c3ccccc3)c2=O)c1. The number of nitrogens with one attached hydrogen (secondary N) is 1. The Labute approximate surface area is 169 Å². The molecule has 1 amide bonds. The number of ether oxygens (including phenoxy) is 2. The number of para-hydroxylation sites is 1. The number of rotatable bonds is 7. The maximum atomic E-state index is 12.9. The Balaban J connectivity index is 1.78. The molecule has 0 saturated heterocycles. The van der Waals surface area contributed by atoms with Crippen molar-refractivity contribution in [3.05, 3.63) is 70.1 Å². The number of hydrogen-bond acceptors (Lipinski definition) is 4. The second-order valence-electron chi connectivity index (χ2n) is 6.66. The van der Waals surface area contributed by atoms with E-state index in [0.717, 1.165) is 11.3 Å². The van der Waals surface area contributed by atoms with Crippen molar-refractivity contribution in [1.82, 2.24) is 9.36 Å². The summed E-state index contributed by atoms with van der Waals surface area (Å²) in [6, 6.07) is 14.8. The number of methoxy groups -OCH3 is 2. The average Bonchev–Trinajstić information content (AvgIpc) is 2.95. The lowest BCUT2D eigenvalue weighted by Crippen LogP contribution is -2.23. The first-order valence-electron chi connectivity index (χ1n) is 9.31. The van der Waals surface area contributed by atoms with E-state index < -0.39 is 0 Å². The fraction of sp³-hybridized carbons (Fsp3) is 0.273. The normalized spacial score (nSPS) is 10.6. The van der Waals surface area contributed by atoms with E-state index >= 15 is 0 Å².